The van der Waals surface area contributed by atoms with Crippen LogP contribution in [0.15, 0.2) is 41.5 Å². The van der Waals surface area contributed by atoms with Crippen LogP contribution in [0.25, 0.3) is 11.4 Å². The molecule has 0 spiro atoms. The van der Waals surface area contributed by atoms with Crippen LogP contribution in [0.5, 0.6) is 5.75 Å². The third kappa shape index (κ3) is 2.97. The molecule has 24 heavy (non-hydrogen) atoms. The van der Waals surface area contributed by atoms with Crippen LogP contribution >= 0.6 is 0 Å². The molecule has 0 saturated heterocycles. The normalized spacial score (nSPS) is 15.0. The number of H-pyrrole nitrogens is 2. The van der Waals surface area contributed by atoms with Crippen molar-refractivity contribution in [3.05, 3.63) is 53.0 Å². The number of rotatable bonds is 5. The molecule has 124 valence electrons. The smallest absolute Gasteiger partial charge is 0.340 e. The fraction of sp³-hybridized carbons (Fsp3) is 0.353. The van der Waals surface area contributed by atoms with Crippen LogP contribution in [-0.2, 0) is 6.54 Å². The first-order valence-electron chi connectivity index (χ1n) is 8.20. The molecule has 0 radical (unpaired) electrons. The van der Waals surface area contributed by atoms with E-state index in [1.165, 1.54) is 12.8 Å². The van der Waals surface area contributed by atoms with Crippen LogP contribution in [-0.4, -0.2) is 30.8 Å². The first-order chi connectivity index (χ1) is 11.8. The van der Waals surface area contributed by atoms with Crippen molar-refractivity contribution in [1.29, 1.82) is 0 Å². The van der Waals surface area contributed by atoms with Crippen LogP contribution in [0.4, 0.5) is 0 Å². The van der Waals surface area contributed by atoms with E-state index < -0.39 is 0 Å². The van der Waals surface area contributed by atoms with Crippen molar-refractivity contribution in [3.8, 4) is 17.1 Å². The van der Waals surface area contributed by atoms with Gasteiger partial charge in [-0.3, -0.25) is 4.98 Å². The molecule has 0 bridgehead atoms. The number of nitrogens with one attached hydrogen (secondary N) is 2. The summed E-state index contributed by atoms with van der Waals surface area (Å²) in [5.74, 6) is 2.22. The van der Waals surface area contributed by atoms with Gasteiger partial charge in [-0.05, 0) is 37.8 Å². The Morgan fingerprint density at radius 3 is 2.88 bits per heavy atom. The van der Waals surface area contributed by atoms with E-state index in [1.54, 1.807) is 6.20 Å². The Bertz CT molecular complexity index is 873. The maximum absolute atomic E-state index is 11.2. The van der Waals surface area contributed by atoms with Gasteiger partial charge in [0.15, 0.2) is 5.82 Å². The number of benzene rings is 1. The van der Waals surface area contributed by atoms with Gasteiger partial charge in [-0.2, -0.15) is 5.10 Å². The summed E-state index contributed by atoms with van der Waals surface area (Å²) < 4.78 is 8.15. The number of imidazole rings is 1. The van der Waals surface area contributed by atoms with E-state index in [-0.39, 0.29) is 11.8 Å². The zero-order valence-electron chi connectivity index (χ0n) is 13.2. The van der Waals surface area contributed by atoms with Crippen molar-refractivity contribution in [2.45, 2.75) is 38.3 Å². The Labute approximate surface area is 138 Å². The standard InChI is InChI=1S/C17H19N5O2/c23-17-19-15(20-21-17)11-22-10-9-18-16(22)13-7-3-4-8-14(13)24-12-5-1-2-6-12/h3-4,7-10,12H,1-2,5-6,11H2,(H2,19,20,21,23). The zero-order valence-corrected chi connectivity index (χ0v) is 13.2. The highest BCUT2D eigenvalue weighted by Crippen LogP contribution is 2.32. The third-order valence-corrected chi connectivity index (χ3v) is 4.31. The summed E-state index contributed by atoms with van der Waals surface area (Å²) in [5, 5.41) is 6.34. The van der Waals surface area contributed by atoms with Crippen molar-refractivity contribution in [2.75, 3.05) is 0 Å². The number of aromatic nitrogens is 5. The number of hydrogen-bond acceptors (Lipinski definition) is 4. The van der Waals surface area contributed by atoms with Crippen molar-refractivity contribution in [2.24, 2.45) is 0 Å². The van der Waals surface area contributed by atoms with Crippen LogP contribution in [0, 0.1) is 0 Å². The van der Waals surface area contributed by atoms with Crippen LogP contribution in [0.2, 0.25) is 0 Å². The minimum atomic E-state index is -0.309. The molecular formula is C17H19N5O2. The second kappa shape index (κ2) is 6.35. The van der Waals surface area contributed by atoms with Gasteiger partial charge in [0.25, 0.3) is 0 Å². The van der Waals surface area contributed by atoms with Gasteiger partial charge in [-0.15, -0.1) is 0 Å². The van der Waals surface area contributed by atoms with Crippen molar-refractivity contribution in [1.82, 2.24) is 24.7 Å². The molecule has 1 aliphatic rings. The van der Waals surface area contributed by atoms with Crippen LogP contribution < -0.4 is 10.4 Å². The summed E-state index contributed by atoms with van der Waals surface area (Å²) in [5.41, 5.74) is 0.643. The molecule has 3 aromatic rings. The molecule has 4 rings (SSSR count). The van der Waals surface area contributed by atoms with E-state index in [4.69, 9.17) is 4.74 Å². The molecule has 7 nitrogen and oxygen atoms in total. The van der Waals surface area contributed by atoms with E-state index in [2.05, 4.69) is 20.2 Å². The third-order valence-electron chi connectivity index (χ3n) is 4.31. The Balaban J connectivity index is 1.64. The van der Waals surface area contributed by atoms with Gasteiger partial charge < -0.3 is 9.30 Å². The molecule has 2 N–H and O–H groups in total. The number of para-hydroxylation sites is 1. The number of hydrogen-bond donors (Lipinski definition) is 2. The quantitative estimate of drug-likeness (QED) is 0.753. The van der Waals surface area contributed by atoms with E-state index in [9.17, 15) is 4.79 Å². The summed E-state index contributed by atoms with van der Waals surface area (Å²) in [6.45, 7) is 0.436. The number of ether oxygens (including phenoxy) is 1. The van der Waals surface area contributed by atoms with Gasteiger partial charge in [0.05, 0.1) is 18.2 Å². The highest BCUT2D eigenvalue weighted by atomic mass is 16.5. The lowest BCUT2D eigenvalue weighted by Crippen LogP contribution is -2.12. The molecule has 0 atom stereocenters. The van der Waals surface area contributed by atoms with Gasteiger partial charge in [-0.1, -0.05) is 12.1 Å². The molecule has 7 heteroatoms. The van der Waals surface area contributed by atoms with Crippen molar-refractivity contribution >= 4 is 0 Å². The summed E-state index contributed by atoms with van der Waals surface area (Å²) in [6, 6.07) is 7.96. The second-order valence-corrected chi connectivity index (χ2v) is 6.02. The maximum Gasteiger partial charge on any atom is 0.340 e. The Hall–Kier alpha value is -2.83. The zero-order chi connectivity index (χ0) is 16.4. The summed E-state index contributed by atoms with van der Waals surface area (Å²) in [6.07, 6.45) is 8.58. The molecule has 1 aliphatic carbocycles. The minimum Gasteiger partial charge on any atom is -0.490 e. The lowest BCUT2D eigenvalue weighted by molar-refractivity contribution is 0.211. The van der Waals surface area contributed by atoms with Crippen molar-refractivity contribution < 1.29 is 4.74 Å². The number of nitrogens with zero attached hydrogens (tertiary/aromatic N) is 3. The van der Waals surface area contributed by atoms with Gasteiger partial charge in [0.1, 0.15) is 11.6 Å². The van der Waals surface area contributed by atoms with Gasteiger partial charge in [-0.25, -0.2) is 14.9 Å². The molecule has 0 amide bonds. The Morgan fingerprint density at radius 1 is 1.25 bits per heavy atom. The van der Waals surface area contributed by atoms with Gasteiger partial charge >= 0.3 is 5.69 Å². The topological polar surface area (TPSA) is 88.6 Å². The average molecular weight is 325 g/mol. The molecule has 0 aliphatic heterocycles. The molecule has 0 unspecified atom stereocenters. The molecule has 1 saturated carbocycles. The second-order valence-electron chi connectivity index (χ2n) is 6.02. The summed E-state index contributed by atoms with van der Waals surface area (Å²) >= 11 is 0. The molecule has 1 fully saturated rings. The highest BCUT2D eigenvalue weighted by molar-refractivity contribution is 5.64. The van der Waals surface area contributed by atoms with Crippen molar-refractivity contribution in [3.63, 3.8) is 0 Å². The van der Waals surface area contributed by atoms with Gasteiger partial charge in [0.2, 0.25) is 0 Å². The number of aromatic amines is 2. The maximum atomic E-state index is 11.2. The van der Waals surface area contributed by atoms with Gasteiger partial charge in [0, 0.05) is 12.4 Å². The first-order valence-corrected chi connectivity index (χ1v) is 8.20. The SMILES string of the molecule is O=c1[nH]nc(Cn2ccnc2-c2ccccc2OC2CCCC2)[nH]1. The Morgan fingerprint density at radius 2 is 2.08 bits per heavy atom. The first kappa shape index (κ1) is 14.7. The summed E-state index contributed by atoms with van der Waals surface area (Å²) in [4.78, 5) is 18.3. The molecular weight excluding hydrogens is 306 g/mol. The van der Waals surface area contributed by atoms with E-state index >= 15 is 0 Å². The van der Waals surface area contributed by atoms with Crippen LogP contribution in [0.3, 0.4) is 0 Å². The lowest BCUT2D eigenvalue weighted by Gasteiger charge is -2.16. The average Bonchev–Trinajstić information content (AvgIpc) is 3.32. The molecule has 2 heterocycles. The fourth-order valence-electron chi connectivity index (χ4n) is 3.16. The highest BCUT2D eigenvalue weighted by Gasteiger charge is 2.19. The lowest BCUT2D eigenvalue weighted by atomic mass is 10.2. The fourth-order valence-corrected chi connectivity index (χ4v) is 3.16. The largest absolute Gasteiger partial charge is 0.490 e. The monoisotopic (exact) mass is 325 g/mol. The molecule has 1 aromatic carbocycles. The predicted octanol–water partition coefficient (Wildman–Crippen LogP) is 2.33. The van der Waals surface area contributed by atoms with E-state index in [1.807, 2.05) is 35.0 Å². The Kier molecular flexibility index (Phi) is 3.90. The predicted molar refractivity (Wildman–Crippen MR) is 88.9 cm³/mol. The summed E-state index contributed by atoms with van der Waals surface area (Å²) in [7, 11) is 0. The minimum absolute atomic E-state index is 0.289. The van der Waals surface area contributed by atoms with E-state index in [0.717, 1.165) is 30.0 Å². The molecule has 2 aromatic heterocycles. The van der Waals surface area contributed by atoms with Crippen LogP contribution in [0.1, 0.15) is 31.5 Å². The van der Waals surface area contributed by atoms with E-state index in [0.29, 0.717) is 12.4 Å².